The largest absolute Gasteiger partial charge is 0.326 e. The van der Waals surface area contributed by atoms with Gasteiger partial charge in [-0.15, -0.1) is 0 Å². The summed E-state index contributed by atoms with van der Waals surface area (Å²) in [6, 6.07) is 7.82. The summed E-state index contributed by atoms with van der Waals surface area (Å²) in [5.74, 6) is 0.0473. The Morgan fingerprint density at radius 2 is 2.29 bits per heavy atom. The zero-order valence-corrected chi connectivity index (χ0v) is 13.3. The third kappa shape index (κ3) is 5.30. The van der Waals surface area contributed by atoms with Crippen molar-refractivity contribution in [3.05, 3.63) is 29.3 Å². The van der Waals surface area contributed by atoms with E-state index in [0.717, 1.165) is 25.3 Å². The van der Waals surface area contributed by atoms with E-state index in [1.807, 2.05) is 19.2 Å². The number of carbonyl (C=O) groups is 1. The molecule has 4 nitrogen and oxygen atoms in total. The summed E-state index contributed by atoms with van der Waals surface area (Å²) >= 11 is 5.91. The molecule has 1 aliphatic rings. The lowest BCUT2D eigenvalue weighted by atomic mass is 10.0. The van der Waals surface area contributed by atoms with E-state index in [1.54, 1.807) is 12.1 Å². The third-order valence-electron chi connectivity index (χ3n) is 3.92. The van der Waals surface area contributed by atoms with Crippen LogP contribution in [-0.4, -0.2) is 43.5 Å². The Hall–Kier alpha value is -1.10. The molecule has 2 N–H and O–H groups in total. The number of hydrogen-bond acceptors (Lipinski definition) is 3. The van der Waals surface area contributed by atoms with Crippen molar-refractivity contribution in [2.45, 2.75) is 31.7 Å². The number of halogens is 1. The minimum absolute atomic E-state index is 0.0473. The number of nitrogens with zero attached hydrogens (tertiary/aromatic N) is 1. The number of anilines is 1. The molecule has 21 heavy (non-hydrogen) atoms. The van der Waals surface area contributed by atoms with Crippen molar-refractivity contribution in [2.24, 2.45) is 0 Å². The lowest BCUT2D eigenvalue weighted by Crippen LogP contribution is -2.45. The summed E-state index contributed by atoms with van der Waals surface area (Å²) in [7, 11) is 1.98. The highest BCUT2D eigenvalue weighted by atomic mass is 35.5. The molecule has 1 aromatic carbocycles. The molecule has 0 spiro atoms. The van der Waals surface area contributed by atoms with E-state index in [-0.39, 0.29) is 5.91 Å². The molecular weight excluding hydrogens is 286 g/mol. The van der Waals surface area contributed by atoms with Crippen molar-refractivity contribution >= 4 is 23.2 Å². The first-order valence-electron chi connectivity index (χ1n) is 7.63. The number of hydrogen-bond donors (Lipinski definition) is 2. The minimum atomic E-state index is 0.0473. The molecule has 5 heteroatoms. The Labute approximate surface area is 131 Å². The topological polar surface area (TPSA) is 44.4 Å². The maximum absolute atomic E-state index is 12.0. The number of rotatable bonds is 6. The fraction of sp³-hybridized carbons (Fsp3) is 0.562. The number of likely N-dealkylation sites (N-methyl/N-ethyl adjacent to an activating group) is 1. The first kappa shape index (κ1) is 16.3. The smallest absolute Gasteiger partial charge is 0.225 e. The molecule has 1 atom stereocenters. The van der Waals surface area contributed by atoms with E-state index in [0.29, 0.717) is 17.5 Å². The Morgan fingerprint density at radius 3 is 3.05 bits per heavy atom. The second-order valence-corrected chi connectivity index (χ2v) is 5.99. The van der Waals surface area contributed by atoms with Crippen molar-refractivity contribution in [2.75, 3.05) is 32.0 Å². The van der Waals surface area contributed by atoms with Gasteiger partial charge < -0.3 is 10.6 Å². The van der Waals surface area contributed by atoms with Crippen LogP contribution in [-0.2, 0) is 4.79 Å². The van der Waals surface area contributed by atoms with Gasteiger partial charge in [-0.2, -0.15) is 0 Å². The minimum Gasteiger partial charge on any atom is -0.326 e. The Morgan fingerprint density at radius 1 is 1.43 bits per heavy atom. The van der Waals surface area contributed by atoms with E-state index in [2.05, 4.69) is 15.5 Å². The van der Waals surface area contributed by atoms with Crippen LogP contribution in [0.5, 0.6) is 0 Å². The van der Waals surface area contributed by atoms with Gasteiger partial charge in [0.25, 0.3) is 0 Å². The van der Waals surface area contributed by atoms with Crippen LogP contribution in [0.1, 0.15) is 25.7 Å². The van der Waals surface area contributed by atoms with Gasteiger partial charge in [-0.1, -0.05) is 24.1 Å². The number of amides is 1. The fourth-order valence-electron chi connectivity index (χ4n) is 2.86. The van der Waals surface area contributed by atoms with Gasteiger partial charge in [0.15, 0.2) is 0 Å². The summed E-state index contributed by atoms with van der Waals surface area (Å²) in [5, 5.41) is 6.78. The molecule has 1 aliphatic heterocycles. The van der Waals surface area contributed by atoms with E-state index in [1.165, 1.54) is 19.3 Å². The first-order chi connectivity index (χ1) is 10.2. The van der Waals surface area contributed by atoms with Gasteiger partial charge in [0.2, 0.25) is 5.91 Å². The highest BCUT2D eigenvalue weighted by molar-refractivity contribution is 6.30. The standard InChI is InChI=1S/C16H24ClN3O/c1-18-12-15-7-2-3-9-20(15)10-8-16(21)19-14-6-4-5-13(17)11-14/h4-6,11,15,18H,2-3,7-10,12H2,1H3,(H,19,21). The molecule has 0 radical (unpaired) electrons. The van der Waals surface area contributed by atoms with Crippen LogP contribution in [0.3, 0.4) is 0 Å². The van der Waals surface area contributed by atoms with Crippen LogP contribution in [0.25, 0.3) is 0 Å². The predicted molar refractivity (Wildman–Crippen MR) is 87.8 cm³/mol. The van der Waals surface area contributed by atoms with Gasteiger partial charge in [0.1, 0.15) is 0 Å². The van der Waals surface area contributed by atoms with E-state index < -0.39 is 0 Å². The first-order valence-corrected chi connectivity index (χ1v) is 8.01. The number of likely N-dealkylation sites (tertiary alicyclic amines) is 1. The molecule has 116 valence electrons. The predicted octanol–water partition coefficient (Wildman–Crippen LogP) is 2.74. The van der Waals surface area contributed by atoms with Gasteiger partial charge in [0, 0.05) is 36.3 Å². The van der Waals surface area contributed by atoms with Crippen molar-refractivity contribution in [3.63, 3.8) is 0 Å². The molecule has 0 saturated carbocycles. The molecule has 1 amide bonds. The summed E-state index contributed by atoms with van der Waals surface area (Å²) < 4.78 is 0. The molecule has 0 aromatic heterocycles. The average Bonchev–Trinajstić information content (AvgIpc) is 2.47. The Kier molecular flexibility index (Phi) is 6.49. The quantitative estimate of drug-likeness (QED) is 0.849. The zero-order chi connectivity index (χ0) is 15.1. The maximum Gasteiger partial charge on any atom is 0.225 e. The lowest BCUT2D eigenvalue weighted by Gasteiger charge is -2.35. The molecule has 2 rings (SSSR count). The Bertz CT molecular complexity index is 465. The molecule has 1 unspecified atom stereocenters. The number of carbonyl (C=O) groups excluding carboxylic acids is 1. The molecule has 1 heterocycles. The van der Waals surface area contributed by atoms with Crippen molar-refractivity contribution in [3.8, 4) is 0 Å². The van der Waals surface area contributed by atoms with Gasteiger partial charge in [0.05, 0.1) is 0 Å². The van der Waals surface area contributed by atoms with Crippen LogP contribution in [0.15, 0.2) is 24.3 Å². The maximum atomic E-state index is 12.0. The number of benzene rings is 1. The van der Waals surface area contributed by atoms with Crippen LogP contribution in [0.2, 0.25) is 5.02 Å². The van der Waals surface area contributed by atoms with Crippen molar-refractivity contribution < 1.29 is 4.79 Å². The monoisotopic (exact) mass is 309 g/mol. The average molecular weight is 310 g/mol. The molecule has 1 aromatic rings. The number of nitrogens with one attached hydrogen (secondary N) is 2. The third-order valence-corrected chi connectivity index (χ3v) is 4.16. The lowest BCUT2D eigenvalue weighted by molar-refractivity contribution is -0.116. The SMILES string of the molecule is CNCC1CCCCN1CCC(=O)Nc1cccc(Cl)c1. The van der Waals surface area contributed by atoms with Gasteiger partial charge >= 0.3 is 0 Å². The molecular formula is C16H24ClN3O. The van der Waals surface area contributed by atoms with E-state index in [4.69, 9.17) is 11.6 Å². The van der Waals surface area contributed by atoms with Gasteiger partial charge in [-0.25, -0.2) is 0 Å². The second-order valence-electron chi connectivity index (χ2n) is 5.55. The van der Waals surface area contributed by atoms with E-state index in [9.17, 15) is 4.79 Å². The van der Waals surface area contributed by atoms with Crippen LogP contribution < -0.4 is 10.6 Å². The zero-order valence-electron chi connectivity index (χ0n) is 12.6. The van der Waals surface area contributed by atoms with E-state index >= 15 is 0 Å². The second kappa shape index (κ2) is 8.37. The summed E-state index contributed by atoms with van der Waals surface area (Å²) in [6.07, 6.45) is 4.26. The summed E-state index contributed by atoms with van der Waals surface area (Å²) in [6.45, 7) is 2.91. The molecule has 1 fully saturated rings. The van der Waals surface area contributed by atoms with Crippen LogP contribution >= 0.6 is 11.6 Å². The van der Waals surface area contributed by atoms with Gasteiger partial charge in [-0.3, -0.25) is 9.69 Å². The molecule has 0 bridgehead atoms. The van der Waals surface area contributed by atoms with Crippen LogP contribution in [0, 0.1) is 0 Å². The van der Waals surface area contributed by atoms with Crippen molar-refractivity contribution in [1.29, 1.82) is 0 Å². The fourth-order valence-corrected chi connectivity index (χ4v) is 3.05. The normalized spacial score (nSPS) is 19.4. The highest BCUT2D eigenvalue weighted by Gasteiger charge is 2.21. The number of piperidine rings is 1. The summed E-state index contributed by atoms with van der Waals surface area (Å²) in [5.41, 5.74) is 0.762. The highest BCUT2D eigenvalue weighted by Crippen LogP contribution is 2.18. The molecule has 1 saturated heterocycles. The molecule has 0 aliphatic carbocycles. The van der Waals surface area contributed by atoms with Crippen LogP contribution in [0.4, 0.5) is 5.69 Å². The summed E-state index contributed by atoms with van der Waals surface area (Å²) in [4.78, 5) is 14.5. The van der Waals surface area contributed by atoms with Crippen molar-refractivity contribution in [1.82, 2.24) is 10.2 Å². The Balaban J connectivity index is 1.79. The van der Waals surface area contributed by atoms with Gasteiger partial charge in [-0.05, 0) is 44.6 Å².